The highest BCUT2D eigenvalue weighted by molar-refractivity contribution is 9.08. The Bertz CT molecular complexity index is 2470. The van der Waals surface area contributed by atoms with Crippen LogP contribution in [0.5, 0.6) is 0 Å². The summed E-state index contributed by atoms with van der Waals surface area (Å²) >= 11 is 3.26. The summed E-state index contributed by atoms with van der Waals surface area (Å²) < 4.78 is 65.0. The molecule has 1 N–H and O–H groups in total. The summed E-state index contributed by atoms with van der Waals surface area (Å²) in [5.41, 5.74) is 5.04. The van der Waals surface area contributed by atoms with Gasteiger partial charge in [-0.15, -0.1) is 0 Å². The second-order valence-electron chi connectivity index (χ2n) is 11.6. The predicted octanol–water partition coefficient (Wildman–Crippen LogP) is 5.21. The Morgan fingerprint density at radius 3 is 1.75 bits per heavy atom. The van der Waals surface area contributed by atoms with Crippen molar-refractivity contribution in [2.45, 2.75) is 25.7 Å². The number of halogens is 1. The Kier molecular flexibility index (Phi) is 14.4. The van der Waals surface area contributed by atoms with Crippen LogP contribution in [0.15, 0.2) is 85.5 Å². The van der Waals surface area contributed by atoms with Crippen LogP contribution in [0.1, 0.15) is 46.0 Å². The number of esters is 2. The topological polar surface area (TPSA) is 198 Å². The molecule has 4 aromatic heterocycles. The minimum Gasteiger partial charge on any atom is -0.465 e. The van der Waals surface area contributed by atoms with Crippen LogP contribution in [0.25, 0.3) is 21.8 Å². The van der Waals surface area contributed by atoms with Crippen LogP contribution in [0.3, 0.4) is 0 Å². The van der Waals surface area contributed by atoms with Crippen LogP contribution in [0.4, 0.5) is 11.4 Å². The van der Waals surface area contributed by atoms with Gasteiger partial charge >= 0.3 is 11.9 Å². The number of rotatable bonds is 11. The van der Waals surface area contributed by atoms with Gasteiger partial charge in [0.15, 0.2) is 0 Å². The van der Waals surface area contributed by atoms with Crippen molar-refractivity contribution in [1.82, 2.24) is 29.5 Å². The zero-order valence-electron chi connectivity index (χ0n) is 31.0. The third kappa shape index (κ3) is 10.6. The van der Waals surface area contributed by atoms with Crippen molar-refractivity contribution in [3.8, 4) is 0 Å². The smallest absolute Gasteiger partial charge is 0.339 e. The summed E-state index contributed by atoms with van der Waals surface area (Å²) in [6.07, 6.45) is 6.18. The molecule has 0 bridgehead atoms. The van der Waals surface area contributed by atoms with Gasteiger partial charge in [-0.05, 0) is 62.4 Å². The third-order valence-electron chi connectivity index (χ3n) is 8.11. The van der Waals surface area contributed by atoms with Crippen molar-refractivity contribution in [3.63, 3.8) is 0 Å². The van der Waals surface area contributed by atoms with Crippen molar-refractivity contribution >= 4 is 81.1 Å². The van der Waals surface area contributed by atoms with Crippen LogP contribution < -0.4 is 9.03 Å². The number of aromatic nitrogens is 6. The van der Waals surface area contributed by atoms with Crippen molar-refractivity contribution in [2.75, 3.05) is 34.8 Å². The van der Waals surface area contributed by atoms with E-state index in [0.717, 1.165) is 27.5 Å². The molecule has 0 fully saturated rings. The maximum absolute atomic E-state index is 12.8. The first-order chi connectivity index (χ1) is 26.2. The number of aryl methyl sites for hydroxylation is 2. The SMILES string of the molecule is CCS(=O)(=O)N(Cc1ccc(C(=O)OC)cn1)c1cccc2c1cnn2C.CCS(=O)(=O)Nc1cccc2c1cnn2C.COC(=O)c1ccc(CBr)nc1. The second-order valence-corrected chi connectivity index (χ2v) is 16.3. The van der Waals surface area contributed by atoms with E-state index in [2.05, 4.69) is 50.3 Å². The number of ether oxygens (including phenoxy) is 2. The number of benzene rings is 2. The molecule has 0 aliphatic rings. The standard InChI is InChI=1S/C18H20N4O4S.C10H13N3O2S.C8H8BrNO2/c1-4-27(24,25)22(12-14-9-8-13(10-19-14)18(23)26-3)17-7-5-6-16-15(17)11-20-21(16)2;1-3-16(14,15)12-9-5-4-6-10-8(9)7-11-13(10)2;1-12-8(11)6-2-3-7(4-9)10-5-6/h5-11H,4,12H2,1-3H3;4-7,12H,3H2,1-2H3;2-3,5H,4H2,1H3. The molecule has 55 heavy (non-hydrogen) atoms. The minimum atomic E-state index is -3.56. The van der Waals surface area contributed by atoms with Gasteiger partial charge in [0, 0.05) is 42.6 Å². The zero-order valence-corrected chi connectivity index (χ0v) is 34.2. The molecule has 292 valence electrons. The summed E-state index contributed by atoms with van der Waals surface area (Å²) in [5.74, 6) is -0.844. The first kappa shape index (κ1) is 42.3. The summed E-state index contributed by atoms with van der Waals surface area (Å²) in [7, 11) is -0.539. The van der Waals surface area contributed by atoms with E-state index in [0.29, 0.717) is 33.5 Å². The number of carbonyl (C=O) groups is 2. The maximum Gasteiger partial charge on any atom is 0.339 e. The van der Waals surface area contributed by atoms with Crippen LogP contribution >= 0.6 is 15.9 Å². The number of sulfonamides is 2. The first-order valence-corrected chi connectivity index (χ1v) is 21.0. The largest absolute Gasteiger partial charge is 0.465 e. The molecule has 4 heterocycles. The molecule has 2 aromatic carbocycles. The molecule has 16 nitrogen and oxygen atoms in total. The van der Waals surface area contributed by atoms with Gasteiger partial charge in [0.2, 0.25) is 20.0 Å². The first-order valence-electron chi connectivity index (χ1n) is 16.6. The van der Waals surface area contributed by atoms with Gasteiger partial charge in [0.25, 0.3) is 0 Å². The molecule has 0 aliphatic carbocycles. The molecule has 6 aromatic rings. The third-order valence-corrected chi connectivity index (χ3v) is 11.7. The van der Waals surface area contributed by atoms with E-state index >= 15 is 0 Å². The lowest BCUT2D eigenvalue weighted by Crippen LogP contribution is -2.32. The molecular weight excluding hydrogens is 816 g/mol. The number of fused-ring (bicyclic) bond motifs is 2. The monoisotopic (exact) mass is 856 g/mol. The predicted molar refractivity (Wildman–Crippen MR) is 214 cm³/mol. The van der Waals surface area contributed by atoms with Crippen molar-refractivity contribution in [2.24, 2.45) is 14.1 Å². The van der Waals surface area contributed by atoms with E-state index in [1.165, 1.54) is 30.9 Å². The van der Waals surface area contributed by atoms with Crippen molar-refractivity contribution in [3.05, 3.63) is 108 Å². The number of hydrogen-bond acceptors (Lipinski definition) is 12. The molecule has 6 rings (SSSR count). The fraction of sp³-hybridized carbons (Fsp3) is 0.278. The van der Waals surface area contributed by atoms with Gasteiger partial charge in [-0.1, -0.05) is 28.1 Å². The van der Waals surface area contributed by atoms with Crippen LogP contribution in [-0.2, 0) is 55.5 Å². The number of hydrogen-bond donors (Lipinski definition) is 1. The second kappa shape index (κ2) is 18.8. The average Bonchev–Trinajstić information content (AvgIpc) is 3.79. The van der Waals surface area contributed by atoms with Gasteiger partial charge in [-0.25, -0.2) is 26.4 Å². The van der Waals surface area contributed by atoms with E-state index in [1.54, 1.807) is 91.2 Å². The number of nitrogens with zero attached hydrogens (tertiary/aromatic N) is 7. The molecule has 19 heteroatoms. The highest BCUT2D eigenvalue weighted by atomic mass is 79.9. The molecule has 0 aliphatic heterocycles. The van der Waals surface area contributed by atoms with E-state index in [1.807, 2.05) is 19.2 Å². The lowest BCUT2D eigenvalue weighted by atomic mass is 10.2. The normalized spacial score (nSPS) is 11.2. The van der Waals surface area contributed by atoms with Crippen LogP contribution in [0, 0.1) is 0 Å². The fourth-order valence-corrected chi connectivity index (χ4v) is 7.11. The number of pyridine rings is 2. The zero-order chi connectivity index (χ0) is 40.3. The quantitative estimate of drug-likeness (QED) is 0.132. The molecular formula is C36H41BrN8O8S2. The van der Waals surface area contributed by atoms with Crippen molar-refractivity contribution in [1.29, 1.82) is 0 Å². The van der Waals surface area contributed by atoms with Gasteiger partial charge in [0.1, 0.15) is 0 Å². The Hall–Kier alpha value is -5.40. The maximum atomic E-state index is 12.8. The summed E-state index contributed by atoms with van der Waals surface area (Å²) in [4.78, 5) is 30.7. The average molecular weight is 858 g/mol. The molecule has 0 spiro atoms. The molecule has 0 saturated heterocycles. The molecule has 0 saturated carbocycles. The van der Waals surface area contributed by atoms with Gasteiger partial charge in [-0.3, -0.25) is 28.4 Å². The molecule has 0 unspecified atom stereocenters. The Labute approximate surface area is 327 Å². The summed E-state index contributed by atoms with van der Waals surface area (Å²) in [6.45, 7) is 3.25. The summed E-state index contributed by atoms with van der Waals surface area (Å²) in [5, 5.41) is 10.6. The highest BCUT2D eigenvalue weighted by Gasteiger charge is 2.24. The number of alkyl halides is 1. The molecule has 0 radical (unpaired) electrons. The lowest BCUT2D eigenvalue weighted by Gasteiger charge is -2.24. The number of nitrogens with one attached hydrogen (secondary N) is 1. The van der Waals surface area contributed by atoms with Gasteiger partial charge in [0.05, 0.1) is 89.6 Å². The van der Waals surface area contributed by atoms with E-state index in [-0.39, 0.29) is 24.0 Å². The van der Waals surface area contributed by atoms with Gasteiger partial charge < -0.3 is 9.47 Å². The fourth-order valence-electron chi connectivity index (χ4n) is 5.02. The lowest BCUT2D eigenvalue weighted by molar-refractivity contribution is 0.0591. The Morgan fingerprint density at radius 1 is 0.727 bits per heavy atom. The summed E-state index contributed by atoms with van der Waals surface area (Å²) in [6, 6.07) is 17.5. The minimum absolute atomic E-state index is 0.0473. The van der Waals surface area contributed by atoms with Crippen molar-refractivity contribution < 1.29 is 35.9 Å². The van der Waals surface area contributed by atoms with E-state index < -0.39 is 26.0 Å². The number of anilines is 2. The molecule has 0 amide bonds. The number of methoxy groups -OCH3 is 2. The Morgan fingerprint density at radius 2 is 1.25 bits per heavy atom. The Balaban J connectivity index is 0.000000203. The van der Waals surface area contributed by atoms with E-state index in [4.69, 9.17) is 0 Å². The van der Waals surface area contributed by atoms with Gasteiger partial charge in [-0.2, -0.15) is 10.2 Å². The van der Waals surface area contributed by atoms with Crippen LogP contribution in [-0.4, -0.2) is 84.0 Å². The van der Waals surface area contributed by atoms with Crippen LogP contribution in [0.2, 0.25) is 0 Å². The number of carbonyl (C=O) groups excluding carboxylic acids is 2. The molecule has 0 atom stereocenters. The highest BCUT2D eigenvalue weighted by Crippen LogP contribution is 2.30. The van der Waals surface area contributed by atoms with E-state index in [9.17, 15) is 26.4 Å².